The molecule has 0 aliphatic heterocycles. The molecule has 16 heavy (non-hydrogen) atoms. The zero-order valence-electron chi connectivity index (χ0n) is 10.0. The van der Waals surface area contributed by atoms with Crippen molar-refractivity contribution in [2.24, 2.45) is 11.7 Å². The Kier molecular flexibility index (Phi) is 4.30. The molecule has 2 N–H and O–H groups in total. The Bertz CT molecular complexity index is 343. The first kappa shape index (κ1) is 12.0. The average molecular weight is 235 g/mol. The molecule has 2 heteroatoms. The van der Waals surface area contributed by atoms with Crippen molar-refractivity contribution in [2.75, 3.05) is 5.75 Å². The Labute approximate surface area is 103 Å². The Morgan fingerprint density at radius 2 is 2.06 bits per heavy atom. The van der Waals surface area contributed by atoms with Gasteiger partial charge in [0.2, 0.25) is 0 Å². The molecule has 0 saturated heterocycles. The van der Waals surface area contributed by atoms with Crippen molar-refractivity contribution in [3.05, 3.63) is 29.3 Å². The van der Waals surface area contributed by atoms with Gasteiger partial charge in [-0.2, -0.15) is 0 Å². The lowest BCUT2D eigenvalue weighted by Crippen LogP contribution is -1.99. The van der Waals surface area contributed by atoms with Crippen LogP contribution in [0.3, 0.4) is 0 Å². The maximum Gasteiger partial charge on any atom is 0.0180 e. The summed E-state index contributed by atoms with van der Waals surface area (Å²) in [7, 11) is 0. The van der Waals surface area contributed by atoms with Crippen LogP contribution in [0.4, 0.5) is 0 Å². The molecule has 1 aromatic rings. The highest BCUT2D eigenvalue weighted by atomic mass is 32.2. The summed E-state index contributed by atoms with van der Waals surface area (Å²) in [6.45, 7) is 2.81. The zero-order valence-corrected chi connectivity index (χ0v) is 10.9. The predicted molar refractivity (Wildman–Crippen MR) is 71.8 cm³/mol. The van der Waals surface area contributed by atoms with Gasteiger partial charge in [0.15, 0.2) is 0 Å². The lowest BCUT2D eigenvalue weighted by atomic mass is 10.1. The van der Waals surface area contributed by atoms with Crippen LogP contribution in [0.1, 0.15) is 36.8 Å². The molecule has 0 amide bonds. The summed E-state index contributed by atoms with van der Waals surface area (Å²) >= 11 is 2.01. The minimum absolute atomic E-state index is 0.652. The van der Waals surface area contributed by atoms with Crippen molar-refractivity contribution < 1.29 is 0 Å². The number of rotatable bonds is 4. The van der Waals surface area contributed by atoms with E-state index in [0.717, 1.165) is 5.92 Å². The second-order valence-electron chi connectivity index (χ2n) is 4.75. The summed E-state index contributed by atoms with van der Waals surface area (Å²) in [5.74, 6) is 2.25. The molecule has 0 atom stereocenters. The normalized spacial score (nSPS) is 16.9. The van der Waals surface area contributed by atoms with Crippen molar-refractivity contribution >= 4 is 11.8 Å². The molecule has 2 rings (SSSR count). The van der Waals surface area contributed by atoms with Gasteiger partial charge in [-0.3, -0.25) is 0 Å². The molecule has 0 heterocycles. The SMILES string of the molecule is Cc1cc(SCC2CCCC2)ccc1CN. The van der Waals surface area contributed by atoms with Crippen LogP contribution in [0.5, 0.6) is 0 Å². The number of thioether (sulfide) groups is 1. The molecule has 88 valence electrons. The first-order valence-corrected chi connectivity index (χ1v) is 7.20. The van der Waals surface area contributed by atoms with Crippen molar-refractivity contribution in [1.82, 2.24) is 0 Å². The van der Waals surface area contributed by atoms with Gasteiger partial charge in [0.05, 0.1) is 0 Å². The van der Waals surface area contributed by atoms with E-state index >= 15 is 0 Å². The molecule has 1 aliphatic rings. The summed E-state index contributed by atoms with van der Waals surface area (Å²) in [4.78, 5) is 1.40. The van der Waals surface area contributed by atoms with Gasteiger partial charge < -0.3 is 5.73 Å². The van der Waals surface area contributed by atoms with E-state index < -0.39 is 0 Å². The van der Waals surface area contributed by atoms with Crippen LogP contribution >= 0.6 is 11.8 Å². The monoisotopic (exact) mass is 235 g/mol. The van der Waals surface area contributed by atoms with Gasteiger partial charge in [-0.15, -0.1) is 11.8 Å². The zero-order chi connectivity index (χ0) is 11.4. The third kappa shape index (κ3) is 3.02. The summed E-state index contributed by atoms with van der Waals surface area (Å²) in [5, 5.41) is 0. The fraction of sp³-hybridized carbons (Fsp3) is 0.571. The van der Waals surface area contributed by atoms with Gasteiger partial charge in [0.1, 0.15) is 0 Å². The van der Waals surface area contributed by atoms with Crippen LogP contribution < -0.4 is 5.73 Å². The highest BCUT2D eigenvalue weighted by Crippen LogP contribution is 2.31. The minimum atomic E-state index is 0.652. The number of hydrogen-bond acceptors (Lipinski definition) is 2. The highest BCUT2D eigenvalue weighted by molar-refractivity contribution is 7.99. The van der Waals surface area contributed by atoms with Gasteiger partial charge in [-0.25, -0.2) is 0 Å². The average Bonchev–Trinajstić information content (AvgIpc) is 2.79. The summed E-state index contributed by atoms with van der Waals surface area (Å²) in [6.07, 6.45) is 5.76. The number of hydrogen-bond donors (Lipinski definition) is 1. The molecule has 1 aliphatic carbocycles. The van der Waals surface area contributed by atoms with E-state index in [1.807, 2.05) is 11.8 Å². The third-order valence-corrected chi connectivity index (χ3v) is 4.72. The topological polar surface area (TPSA) is 26.0 Å². The lowest BCUT2D eigenvalue weighted by Gasteiger charge is -2.10. The first-order chi connectivity index (χ1) is 7.79. The van der Waals surface area contributed by atoms with E-state index in [2.05, 4.69) is 25.1 Å². The van der Waals surface area contributed by atoms with E-state index in [-0.39, 0.29) is 0 Å². The quantitative estimate of drug-likeness (QED) is 0.805. The van der Waals surface area contributed by atoms with E-state index in [1.54, 1.807) is 0 Å². The summed E-state index contributed by atoms with van der Waals surface area (Å²) < 4.78 is 0. The van der Waals surface area contributed by atoms with Gasteiger partial charge in [-0.1, -0.05) is 18.9 Å². The summed E-state index contributed by atoms with van der Waals surface area (Å²) in [5.41, 5.74) is 8.27. The van der Waals surface area contributed by atoms with Crippen LogP contribution in [-0.4, -0.2) is 5.75 Å². The maximum absolute atomic E-state index is 5.67. The van der Waals surface area contributed by atoms with Crippen LogP contribution in [-0.2, 0) is 6.54 Å². The first-order valence-electron chi connectivity index (χ1n) is 6.22. The predicted octanol–water partition coefficient (Wildman–Crippen LogP) is 3.74. The van der Waals surface area contributed by atoms with Crippen LogP contribution in [0.25, 0.3) is 0 Å². The molecule has 0 aromatic heterocycles. The number of benzene rings is 1. The molecule has 1 aromatic carbocycles. The fourth-order valence-electron chi connectivity index (χ4n) is 2.38. The number of nitrogens with two attached hydrogens (primary N) is 1. The minimum Gasteiger partial charge on any atom is -0.326 e. The van der Waals surface area contributed by atoms with Gasteiger partial charge >= 0.3 is 0 Å². The lowest BCUT2D eigenvalue weighted by molar-refractivity contribution is 0.623. The standard InChI is InChI=1S/C14H21NS/c1-11-8-14(7-6-13(11)9-15)16-10-12-4-2-3-5-12/h6-8,12H,2-5,9-10,15H2,1H3. The molecule has 1 nitrogen and oxygen atoms in total. The van der Waals surface area contributed by atoms with Gasteiger partial charge in [-0.05, 0) is 48.9 Å². The second kappa shape index (κ2) is 5.74. The van der Waals surface area contributed by atoms with Crippen molar-refractivity contribution in [3.8, 4) is 0 Å². The number of aryl methyl sites for hydroxylation is 1. The van der Waals surface area contributed by atoms with E-state index in [4.69, 9.17) is 5.73 Å². The smallest absolute Gasteiger partial charge is 0.0180 e. The van der Waals surface area contributed by atoms with E-state index in [0.29, 0.717) is 6.54 Å². The molecule has 0 bridgehead atoms. The third-order valence-electron chi connectivity index (χ3n) is 3.49. The molecule has 1 saturated carbocycles. The molecule has 1 fully saturated rings. The maximum atomic E-state index is 5.67. The van der Waals surface area contributed by atoms with Crippen molar-refractivity contribution in [3.63, 3.8) is 0 Å². The molecule has 0 spiro atoms. The Balaban J connectivity index is 1.91. The Morgan fingerprint density at radius 3 is 2.69 bits per heavy atom. The Morgan fingerprint density at radius 1 is 1.31 bits per heavy atom. The fourth-order valence-corrected chi connectivity index (χ4v) is 3.56. The van der Waals surface area contributed by atoms with E-state index in [1.165, 1.54) is 47.5 Å². The molecular formula is C14H21NS. The van der Waals surface area contributed by atoms with Crippen LogP contribution in [0, 0.1) is 12.8 Å². The van der Waals surface area contributed by atoms with Crippen LogP contribution in [0.15, 0.2) is 23.1 Å². The van der Waals surface area contributed by atoms with Crippen LogP contribution in [0.2, 0.25) is 0 Å². The molecule has 0 radical (unpaired) electrons. The largest absolute Gasteiger partial charge is 0.326 e. The summed E-state index contributed by atoms with van der Waals surface area (Å²) in [6, 6.07) is 6.67. The van der Waals surface area contributed by atoms with E-state index in [9.17, 15) is 0 Å². The second-order valence-corrected chi connectivity index (χ2v) is 5.85. The van der Waals surface area contributed by atoms with Crippen molar-refractivity contribution in [1.29, 1.82) is 0 Å². The highest BCUT2D eigenvalue weighted by Gasteiger charge is 2.14. The van der Waals surface area contributed by atoms with Crippen molar-refractivity contribution in [2.45, 2.75) is 44.0 Å². The van der Waals surface area contributed by atoms with Gasteiger partial charge in [0, 0.05) is 17.2 Å². The molecule has 0 unspecified atom stereocenters. The Hall–Kier alpha value is -0.470. The van der Waals surface area contributed by atoms with Gasteiger partial charge in [0.25, 0.3) is 0 Å². The molecular weight excluding hydrogens is 214 g/mol.